The second kappa shape index (κ2) is 4.65. The third-order valence-electron chi connectivity index (χ3n) is 2.83. The standard InChI is InChI=1S/C11H18N4O/c1-9-8-10(13-11(12-9)16-3)15-6-4-14(2)5-7-15/h8H,4-7H2,1-3H3. The summed E-state index contributed by atoms with van der Waals surface area (Å²) in [4.78, 5) is 13.2. The van der Waals surface area contributed by atoms with Crippen LogP contribution in [0.4, 0.5) is 5.82 Å². The van der Waals surface area contributed by atoms with Gasteiger partial charge in [-0.2, -0.15) is 4.98 Å². The number of anilines is 1. The fourth-order valence-electron chi connectivity index (χ4n) is 1.81. The van der Waals surface area contributed by atoms with E-state index >= 15 is 0 Å². The van der Waals surface area contributed by atoms with Crippen molar-refractivity contribution in [1.29, 1.82) is 0 Å². The van der Waals surface area contributed by atoms with Crippen LogP contribution in [0.25, 0.3) is 0 Å². The Labute approximate surface area is 96.1 Å². The van der Waals surface area contributed by atoms with Gasteiger partial charge in [-0.05, 0) is 14.0 Å². The molecule has 0 N–H and O–H groups in total. The fraction of sp³-hybridized carbons (Fsp3) is 0.636. The minimum absolute atomic E-state index is 0.453. The monoisotopic (exact) mass is 222 g/mol. The third kappa shape index (κ3) is 2.41. The van der Waals surface area contributed by atoms with Gasteiger partial charge in [0.05, 0.1) is 7.11 Å². The molecular weight excluding hydrogens is 204 g/mol. The number of hydrogen-bond donors (Lipinski definition) is 0. The van der Waals surface area contributed by atoms with E-state index in [1.165, 1.54) is 0 Å². The van der Waals surface area contributed by atoms with Crippen LogP contribution in [0.1, 0.15) is 5.69 Å². The summed E-state index contributed by atoms with van der Waals surface area (Å²) in [6.07, 6.45) is 0. The third-order valence-corrected chi connectivity index (χ3v) is 2.83. The topological polar surface area (TPSA) is 41.5 Å². The highest BCUT2D eigenvalue weighted by Gasteiger charge is 2.16. The number of piperazine rings is 1. The summed E-state index contributed by atoms with van der Waals surface area (Å²) in [6, 6.07) is 2.46. The maximum Gasteiger partial charge on any atom is 0.318 e. The van der Waals surface area contributed by atoms with Crippen LogP contribution in [-0.4, -0.2) is 55.2 Å². The molecular formula is C11H18N4O. The van der Waals surface area contributed by atoms with Crippen LogP contribution in [0.2, 0.25) is 0 Å². The Kier molecular flexibility index (Phi) is 3.24. The molecule has 0 spiro atoms. The number of ether oxygens (including phenoxy) is 1. The van der Waals surface area contributed by atoms with E-state index in [9.17, 15) is 0 Å². The van der Waals surface area contributed by atoms with E-state index in [0.29, 0.717) is 6.01 Å². The van der Waals surface area contributed by atoms with Crippen LogP contribution in [0.5, 0.6) is 6.01 Å². The molecule has 1 aromatic heterocycles. The first kappa shape index (κ1) is 11.1. The van der Waals surface area contributed by atoms with Crippen molar-refractivity contribution in [3.05, 3.63) is 11.8 Å². The minimum atomic E-state index is 0.453. The molecule has 1 aliphatic heterocycles. The maximum atomic E-state index is 5.09. The number of methoxy groups -OCH3 is 1. The Morgan fingerprint density at radius 3 is 2.50 bits per heavy atom. The fourth-order valence-corrected chi connectivity index (χ4v) is 1.81. The number of aromatic nitrogens is 2. The highest BCUT2D eigenvalue weighted by molar-refractivity contribution is 5.41. The summed E-state index contributed by atoms with van der Waals surface area (Å²) in [5.74, 6) is 0.970. The van der Waals surface area contributed by atoms with E-state index in [1.807, 2.05) is 13.0 Å². The van der Waals surface area contributed by atoms with Crippen molar-refractivity contribution in [2.75, 3.05) is 45.2 Å². The average molecular weight is 222 g/mol. The highest BCUT2D eigenvalue weighted by Crippen LogP contribution is 2.17. The van der Waals surface area contributed by atoms with Crippen molar-refractivity contribution in [3.8, 4) is 6.01 Å². The molecule has 0 bridgehead atoms. The van der Waals surface area contributed by atoms with Gasteiger partial charge in [-0.15, -0.1) is 0 Å². The van der Waals surface area contributed by atoms with Gasteiger partial charge >= 0.3 is 6.01 Å². The zero-order valence-corrected chi connectivity index (χ0v) is 10.1. The lowest BCUT2D eigenvalue weighted by molar-refractivity contribution is 0.311. The quantitative estimate of drug-likeness (QED) is 0.731. The summed E-state index contributed by atoms with van der Waals surface area (Å²) in [6.45, 7) is 6.13. The summed E-state index contributed by atoms with van der Waals surface area (Å²) in [5, 5.41) is 0. The molecule has 0 atom stereocenters. The van der Waals surface area contributed by atoms with Crippen molar-refractivity contribution in [2.45, 2.75) is 6.92 Å². The van der Waals surface area contributed by atoms with Gasteiger partial charge in [0.2, 0.25) is 0 Å². The van der Waals surface area contributed by atoms with E-state index in [-0.39, 0.29) is 0 Å². The van der Waals surface area contributed by atoms with E-state index in [2.05, 4.69) is 26.8 Å². The van der Waals surface area contributed by atoms with Crippen LogP contribution >= 0.6 is 0 Å². The molecule has 1 aliphatic rings. The van der Waals surface area contributed by atoms with Gasteiger partial charge in [0.1, 0.15) is 5.82 Å². The summed E-state index contributed by atoms with van der Waals surface area (Å²) in [5.41, 5.74) is 0.945. The normalized spacial score (nSPS) is 17.6. The highest BCUT2D eigenvalue weighted by atomic mass is 16.5. The Balaban J connectivity index is 2.16. The molecule has 88 valence electrons. The van der Waals surface area contributed by atoms with Gasteiger partial charge in [0.25, 0.3) is 0 Å². The molecule has 0 aliphatic carbocycles. The Morgan fingerprint density at radius 1 is 1.19 bits per heavy atom. The molecule has 0 saturated carbocycles. The number of hydrogen-bond acceptors (Lipinski definition) is 5. The van der Waals surface area contributed by atoms with Crippen LogP contribution < -0.4 is 9.64 Å². The lowest BCUT2D eigenvalue weighted by atomic mass is 10.3. The van der Waals surface area contributed by atoms with Crippen molar-refractivity contribution in [3.63, 3.8) is 0 Å². The molecule has 1 aromatic rings. The SMILES string of the molecule is COc1nc(C)cc(N2CCN(C)CC2)n1. The first-order valence-electron chi connectivity index (χ1n) is 5.52. The van der Waals surface area contributed by atoms with Gasteiger partial charge in [0, 0.05) is 37.9 Å². The smallest absolute Gasteiger partial charge is 0.318 e. The van der Waals surface area contributed by atoms with E-state index in [0.717, 1.165) is 37.7 Å². The predicted molar refractivity (Wildman–Crippen MR) is 63.0 cm³/mol. The first-order chi connectivity index (χ1) is 7.69. The number of likely N-dealkylation sites (N-methyl/N-ethyl adjacent to an activating group) is 1. The molecule has 1 saturated heterocycles. The van der Waals surface area contributed by atoms with Gasteiger partial charge in [0.15, 0.2) is 0 Å². The van der Waals surface area contributed by atoms with Gasteiger partial charge in [-0.3, -0.25) is 0 Å². The van der Waals surface area contributed by atoms with Crippen molar-refractivity contribution < 1.29 is 4.74 Å². The predicted octanol–water partition coefficient (Wildman–Crippen LogP) is 0.545. The molecule has 0 amide bonds. The van der Waals surface area contributed by atoms with Crippen LogP contribution in [0, 0.1) is 6.92 Å². The molecule has 0 radical (unpaired) electrons. The Bertz CT molecular complexity index is 361. The molecule has 2 heterocycles. The molecule has 2 rings (SSSR count). The van der Waals surface area contributed by atoms with E-state index in [1.54, 1.807) is 7.11 Å². The van der Waals surface area contributed by atoms with Crippen LogP contribution in [0.15, 0.2) is 6.07 Å². The molecule has 5 heteroatoms. The largest absolute Gasteiger partial charge is 0.467 e. The maximum absolute atomic E-state index is 5.09. The second-order valence-corrected chi connectivity index (χ2v) is 4.14. The van der Waals surface area contributed by atoms with Gasteiger partial charge in [-0.1, -0.05) is 0 Å². The lowest BCUT2D eigenvalue weighted by Gasteiger charge is -2.33. The molecule has 0 aromatic carbocycles. The zero-order valence-electron chi connectivity index (χ0n) is 10.1. The molecule has 0 unspecified atom stereocenters. The van der Waals surface area contributed by atoms with Crippen molar-refractivity contribution >= 4 is 5.82 Å². The van der Waals surface area contributed by atoms with E-state index in [4.69, 9.17) is 4.74 Å². The summed E-state index contributed by atoms with van der Waals surface area (Å²) < 4.78 is 5.09. The van der Waals surface area contributed by atoms with Crippen LogP contribution in [-0.2, 0) is 0 Å². The summed E-state index contributed by atoms with van der Waals surface area (Å²) in [7, 11) is 3.74. The van der Waals surface area contributed by atoms with Gasteiger partial charge in [-0.25, -0.2) is 4.98 Å². The first-order valence-corrected chi connectivity index (χ1v) is 5.52. The van der Waals surface area contributed by atoms with Crippen LogP contribution in [0.3, 0.4) is 0 Å². The number of aryl methyl sites for hydroxylation is 1. The molecule has 16 heavy (non-hydrogen) atoms. The number of nitrogens with zero attached hydrogens (tertiary/aromatic N) is 4. The summed E-state index contributed by atoms with van der Waals surface area (Å²) >= 11 is 0. The molecule has 5 nitrogen and oxygen atoms in total. The lowest BCUT2D eigenvalue weighted by Crippen LogP contribution is -2.44. The average Bonchev–Trinajstić information content (AvgIpc) is 2.29. The van der Waals surface area contributed by atoms with E-state index < -0.39 is 0 Å². The number of rotatable bonds is 2. The van der Waals surface area contributed by atoms with Crippen molar-refractivity contribution in [2.24, 2.45) is 0 Å². The second-order valence-electron chi connectivity index (χ2n) is 4.14. The zero-order chi connectivity index (χ0) is 11.5. The Morgan fingerprint density at radius 2 is 1.88 bits per heavy atom. The minimum Gasteiger partial charge on any atom is -0.467 e. The van der Waals surface area contributed by atoms with Gasteiger partial charge < -0.3 is 14.5 Å². The molecule has 1 fully saturated rings. The Hall–Kier alpha value is -1.36. The van der Waals surface area contributed by atoms with Crippen molar-refractivity contribution in [1.82, 2.24) is 14.9 Å².